The van der Waals surface area contributed by atoms with E-state index in [4.69, 9.17) is 0 Å². The normalized spacial score (nSPS) is 10.9. The number of carbonyl (C=O) groups excluding carboxylic acids is 1. The molecular formula is C19H18N2O. The van der Waals surface area contributed by atoms with Gasteiger partial charge in [0.05, 0.1) is 0 Å². The van der Waals surface area contributed by atoms with E-state index < -0.39 is 5.91 Å². The van der Waals surface area contributed by atoms with Crippen molar-refractivity contribution < 1.29 is 4.79 Å². The Bertz CT molecular complexity index is 720. The smallest absolute Gasteiger partial charge is 0.266 e. The fourth-order valence-electron chi connectivity index (χ4n) is 2.00. The lowest BCUT2D eigenvalue weighted by Gasteiger charge is -2.05. The van der Waals surface area contributed by atoms with E-state index in [1.165, 1.54) is 5.56 Å². The van der Waals surface area contributed by atoms with E-state index >= 15 is 0 Å². The number of carbonyl (C=O) groups is 1. The summed E-state index contributed by atoms with van der Waals surface area (Å²) >= 11 is 0. The molecule has 2 aromatic rings. The van der Waals surface area contributed by atoms with E-state index in [-0.39, 0.29) is 5.57 Å². The zero-order chi connectivity index (χ0) is 15.9. The first-order chi connectivity index (χ1) is 10.6. The molecule has 0 atom stereocenters. The van der Waals surface area contributed by atoms with Gasteiger partial charge in [-0.3, -0.25) is 4.79 Å². The van der Waals surface area contributed by atoms with Crippen molar-refractivity contribution >= 4 is 17.7 Å². The number of benzene rings is 2. The second-order valence-electron chi connectivity index (χ2n) is 5.09. The molecule has 0 saturated heterocycles. The number of amides is 1. The van der Waals surface area contributed by atoms with Crippen molar-refractivity contribution in [1.29, 1.82) is 5.26 Å². The number of anilines is 1. The first kappa shape index (κ1) is 15.5. The topological polar surface area (TPSA) is 52.9 Å². The van der Waals surface area contributed by atoms with Crippen molar-refractivity contribution in [3.63, 3.8) is 0 Å². The maximum atomic E-state index is 12.2. The summed E-state index contributed by atoms with van der Waals surface area (Å²) in [4.78, 5) is 12.2. The average molecular weight is 290 g/mol. The Labute approximate surface area is 130 Å². The van der Waals surface area contributed by atoms with Crippen molar-refractivity contribution in [1.82, 2.24) is 0 Å². The second-order valence-corrected chi connectivity index (χ2v) is 5.09. The summed E-state index contributed by atoms with van der Waals surface area (Å²) in [7, 11) is 0. The summed E-state index contributed by atoms with van der Waals surface area (Å²) in [6, 6.07) is 17.2. The van der Waals surface area contributed by atoms with Gasteiger partial charge in [-0.1, -0.05) is 48.9 Å². The lowest BCUT2D eigenvalue weighted by molar-refractivity contribution is -0.112. The minimum absolute atomic E-state index is 0.0878. The molecule has 0 heterocycles. The van der Waals surface area contributed by atoms with E-state index in [1.807, 2.05) is 61.5 Å². The van der Waals surface area contributed by atoms with Gasteiger partial charge in [-0.25, -0.2) is 0 Å². The Balaban J connectivity index is 2.15. The standard InChI is InChI=1S/C19H18N2O/c1-3-15-6-8-16(9-7-15)12-17(13-20)19(22)21-18-10-4-14(2)5-11-18/h4-12H,3H2,1-2H3,(H,21,22)/b17-12-. The molecule has 0 unspecified atom stereocenters. The molecular weight excluding hydrogens is 272 g/mol. The Morgan fingerprint density at radius 2 is 1.77 bits per heavy atom. The average Bonchev–Trinajstić information content (AvgIpc) is 2.55. The van der Waals surface area contributed by atoms with Crippen LogP contribution in [0.2, 0.25) is 0 Å². The number of aryl methyl sites for hydroxylation is 2. The highest BCUT2D eigenvalue weighted by Crippen LogP contribution is 2.13. The molecule has 0 saturated carbocycles. The Morgan fingerprint density at radius 1 is 1.14 bits per heavy atom. The molecule has 1 N–H and O–H groups in total. The van der Waals surface area contributed by atoms with Crippen LogP contribution in [0.1, 0.15) is 23.6 Å². The SMILES string of the molecule is CCc1ccc(/C=C(/C#N)C(=O)Nc2ccc(C)cc2)cc1. The van der Waals surface area contributed by atoms with Gasteiger partial charge in [-0.15, -0.1) is 0 Å². The van der Waals surface area contributed by atoms with E-state index in [9.17, 15) is 10.1 Å². The number of nitrogens with zero attached hydrogens (tertiary/aromatic N) is 1. The lowest BCUT2D eigenvalue weighted by atomic mass is 10.1. The third-order valence-corrected chi connectivity index (χ3v) is 3.37. The fourth-order valence-corrected chi connectivity index (χ4v) is 2.00. The molecule has 0 aliphatic carbocycles. The van der Waals surface area contributed by atoms with Crippen LogP contribution >= 0.6 is 0 Å². The van der Waals surface area contributed by atoms with Gasteiger partial charge in [0.2, 0.25) is 0 Å². The van der Waals surface area contributed by atoms with E-state index in [0.717, 1.165) is 17.5 Å². The van der Waals surface area contributed by atoms with Crippen molar-refractivity contribution in [2.45, 2.75) is 20.3 Å². The number of hydrogen-bond donors (Lipinski definition) is 1. The largest absolute Gasteiger partial charge is 0.321 e. The first-order valence-corrected chi connectivity index (χ1v) is 7.21. The third-order valence-electron chi connectivity index (χ3n) is 3.37. The lowest BCUT2D eigenvalue weighted by Crippen LogP contribution is -2.13. The van der Waals surface area contributed by atoms with E-state index in [0.29, 0.717) is 5.69 Å². The van der Waals surface area contributed by atoms with Crippen molar-refractivity contribution in [2.75, 3.05) is 5.32 Å². The quantitative estimate of drug-likeness (QED) is 0.680. The maximum Gasteiger partial charge on any atom is 0.266 e. The minimum Gasteiger partial charge on any atom is -0.321 e. The van der Waals surface area contributed by atoms with Crippen molar-refractivity contribution in [3.05, 3.63) is 70.8 Å². The summed E-state index contributed by atoms with van der Waals surface area (Å²) < 4.78 is 0. The third kappa shape index (κ3) is 4.07. The molecule has 3 heteroatoms. The molecule has 22 heavy (non-hydrogen) atoms. The monoisotopic (exact) mass is 290 g/mol. The van der Waals surface area contributed by atoms with Gasteiger partial charge >= 0.3 is 0 Å². The molecule has 0 fully saturated rings. The second kappa shape index (κ2) is 7.24. The number of rotatable bonds is 4. The van der Waals surface area contributed by atoms with Gasteiger partial charge in [0, 0.05) is 5.69 Å². The van der Waals surface area contributed by atoms with Crippen molar-refractivity contribution in [3.8, 4) is 6.07 Å². The van der Waals surface area contributed by atoms with Crippen molar-refractivity contribution in [2.24, 2.45) is 0 Å². The van der Waals surface area contributed by atoms with Gasteiger partial charge in [-0.2, -0.15) is 5.26 Å². The Kier molecular flexibility index (Phi) is 5.11. The van der Waals surface area contributed by atoms with Gasteiger partial charge in [-0.05, 0) is 42.7 Å². The molecule has 2 rings (SSSR count). The molecule has 0 aromatic heterocycles. The van der Waals surface area contributed by atoms with Crippen LogP contribution in [0.15, 0.2) is 54.1 Å². The van der Waals surface area contributed by atoms with Crippen LogP contribution in [0, 0.1) is 18.3 Å². The number of nitriles is 1. The highest BCUT2D eigenvalue weighted by atomic mass is 16.1. The Morgan fingerprint density at radius 3 is 2.32 bits per heavy atom. The first-order valence-electron chi connectivity index (χ1n) is 7.21. The van der Waals surface area contributed by atoms with Gasteiger partial charge < -0.3 is 5.32 Å². The predicted octanol–water partition coefficient (Wildman–Crippen LogP) is 4.10. The van der Waals surface area contributed by atoms with Crippen LogP contribution in [-0.2, 0) is 11.2 Å². The van der Waals surface area contributed by atoms with Crippen LogP contribution in [0.25, 0.3) is 6.08 Å². The molecule has 0 aliphatic heterocycles. The van der Waals surface area contributed by atoms with Crippen LogP contribution in [0.3, 0.4) is 0 Å². The molecule has 0 aliphatic rings. The molecule has 3 nitrogen and oxygen atoms in total. The minimum atomic E-state index is -0.397. The highest BCUT2D eigenvalue weighted by Gasteiger charge is 2.09. The van der Waals surface area contributed by atoms with Crippen LogP contribution < -0.4 is 5.32 Å². The van der Waals surface area contributed by atoms with E-state index in [1.54, 1.807) is 6.08 Å². The number of hydrogen-bond acceptors (Lipinski definition) is 2. The molecule has 2 aromatic carbocycles. The van der Waals surface area contributed by atoms with Gasteiger partial charge in [0.25, 0.3) is 5.91 Å². The molecule has 110 valence electrons. The van der Waals surface area contributed by atoms with Crippen LogP contribution in [-0.4, -0.2) is 5.91 Å². The fraction of sp³-hybridized carbons (Fsp3) is 0.158. The summed E-state index contributed by atoms with van der Waals surface area (Å²) in [5.74, 6) is -0.397. The summed E-state index contributed by atoms with van der Waals surface area (Å²) in [6.07, 6.45) is 2.56. The molecule has 0 spiro atoms. The van der Waals surface area contributed by atoms with Crippen LogP contribution in [0.4, 0.5) is 5.69 Å². The van der Waals surface area contributed by atoms with Gasteiger partial charge in [0.1, 0.15) is 11.6 Å². The zero-order valence-corrected chi connectivity index (χ0v) is 12.8. The summed E-state index contributed by atoms with van der Waals surface area (Å²) in [5.41, 5.74) is 3.94. The van der Waals surface area contributed by atoms with E-state index in [2.05, 4.69) is 12.2 Å². The number of nitrogens with one attached hydrogen (secondary N) is 1. The molecule has 0 bridgehead atoms. The Hall–Kier alpha value is -2.86. The zero-order valence-electron chi connectivity index (χ0n) is 12.8. The highest BCUT2D eigenvalue weighted by molar-refractivity contribution is 6.09. The summed E-state index contributed by atoms with van der Waals surface area (Å²) in [6.45, 7) is 4.06. The molecule has 1 amide bonds. The summed E-state index contributed by atoms with van der Waals surface area (Å²) in [5, 5.41) is 11.9. The maximum absolute atomic E-state index is 12.2. The van der Waals surface area contributed by atoms with Gasteiger partial charge in [0.15, 0.2) is 0 Å². The van der Waals surface area contributed by atoms with Crippen LogP contribution in [0.5, 0.6) is 0 Å². The molecule has 0 radical (unpaired) electrons. The predicted molar refractivity (Wildman–Crippen MR) is 89.2 cm³/mol.